The third-order valence-corrected chi connectivity index (χ3v) is 3.70. The van der Waals surface area contributed by atoms with E-state index >= 15 is 0 Å². The van der Waals surface area contributed by atoms with Gasteiger partial charge in [0.25, 0.3) is 5.56 Å². The molecule has 0 saturated carbocycles. The molecule has 2 nitrogen and oxygen atoms in total. The molecule has 92 valence electrons. The van der Waals surface area contributed by atoms with Crippen LogP contribution < -0.4 is 5.56 Å². The Balaban J connectivity index is 2.13. The van der Waals surface area contributed by atoms with Crippen LogP contribution in [0.25, 0.3) is 0 Å². The van der Waals surface area contributed by atoms with E-state index in [1.807, 2.05) is 9.34 Å². The van der Waals surface area contributed by atoms with Gasteiger partial charge in [-0.25, -0.2) is 0 Å². The molecule has 1 aromatic heterocycles. The minimum Gasteiger partial charge on any atom is -0.268 e. The van der Waals surface area contributed by atoms with Crippen molar-refractivity contribution < 1.29 is 0 Å². The van der Waals surface area contributed by atoms with E-state index in [9.17, 15) is 4.79 Å². The summed E-state index contributed by atoms with van der Waals surface area (Å²) in [5.74, 6) is 1.62. The van der Waals surface area contributed by atoms with E-state index in [1.54, 1.807) is 6.07 Å². The van der Waals surface area contributed by atoms with Gasteiger partial charge in [-0.1, -0.05) is 45.1 Å². The van der Waals surface area contributed by atoms with Crippen molar-refractivity contribution in [1.29, 1.82) is 0 Å². The average molecular weight is 241 g/mol. The van der Waals surface area contributed by atoms with Gasteiger partial charge in [0.15, 0.2) is 0 Å². The highest BCUT2D eigenvalue weighted by Crippen LogP contribution is 2.17. The Hall–Kier alpha value is -0.570. The highest BCUT2D eigenvalue weighted by Gasteiger charge is 2.05. The molecule has 16 heavy (non-hydrogen) atoms. The van der Waals surface area contributed by atoms with Crippen molar-refractivity contribution in [3.63, 3.8) is 0 Å². The first-order valence-electron chi connectivity index (χ1n) is 6.24. The summed E-state index contributed by atoms with van der Waals surface area (Å²) in [5.41, 5.74) is 0.153. The Morgan fingerprint density at radius 1 is 1.31 bits per heavy atom. The van der Waals surface area contributed by atoms with E-state index in [1.165, 1.54) is 30.8 Å². The molecular formula is C13H23NOS. The predicted octanol–water partition coefficient (Wildman–Crippen LogP) is 3.76. The molecule has 1 unspecified atom stereocenters. The molecule has 0 saturated heterocycles. The molecule has 1 heterocycles. The summed E-state index contributed by atoms with van der Waals surface area (Å²) >= 11 is 1.52. The van der Waals surface area contributed by atoms with E-state index in [2.05, 4.69) is 20.8 Å². The minimum absolute atomic E-state index is 0.153. The van der Waals surface area contributed by atoms with Gasteiger partial charge in [-0.2, -0.15) is 0 Å². The van der Waals surface area contributed by atoms with Crippen LogP contribution in [-0.2, 0) is 6.54 Å². The average Bonchev–Trinajstić information content (AvgIpc) is 2.58. The molecule has 0 N–H and O–H groups in total. The standard InChI is InChI=1S/C13H23NOS/c1-11(2)10-12(3)6-4-5-8-14-13(15)7-9-16-14/h7,9,11-12H,4-6,8,10H2,1-3H3. The summed E-state index contributed by atoms with van der Waals surface area (Å²) in [7, 11) is 0. The van der Waals surface area contributed by atoms with Crippen LogP contribution in [0.5, 0.6) is 0 Å². The summed E-state index contributed by atoms with van der Waals surface area (Å²) in [6.45, 7) is 7.78. The van der Waals surface area contributed by atoms with E-state index in [0.717, 1.165) is 24.8 Å². The molecule has 0 aliphatic heterocycles. The fraction of sp³-hybridized carbons (Fsp3) is 0.769. The maximum atomic E-state index is 11.3. The monoisotopic (exact) mass is 241 g/mol. The van der Waals surface area contributed by atoms with Crippen LogP contribution >= 0.6 is 11.5 Å². The third kappa shape index (κ3) is 4.97. The van der Waals surface area contributed by atoms with E-state index < -0.39 is 0 Å². The molecular weight excluding hydrogens is 218 g/mol. The normalized spacial score (nSPS) is 13.2. The second-order valence-electron chi connectivity index (χ2n) is 5.08. The fourth-order valence-electron chi connectivity index (χ4n) is 2.13. The Bertz CT molecular complexity index is 340. The van der Waals surface area contributed by atoms with Crippen LogP contribution in [0, 0.1) is 11.8 Å². The van der Waals surface area contributed by atoms with Crippen LogP contribution in [0.4, 0.5) is 0 Å². The number of unbranched alkanes of at least 4 members (excludes halogenated alkanes) is 1. The van der Waals surface area contributed by atoms with Gasteiger partial charge in [-0.05, 0) is 24.7 Å². The fourth-order valence-corrected chi connectivity index (χ4v) is 2.85. The lowest BCUT2D eigenvalue weighted by molar-refractivity contribution is 0.397. The molecule has 0 spiro atoms. The van der Waals surface area contributed by atoms with Crippen LogP contribution in [-0.4, -0.2) is 3.96 Å². The molecule has 0 radical (unpaired) electrons. The van der Waals surface area contributed by atoms with Crippen molar-refractivity contribution in [1.82, 2.24) is 3.96 Å². The quantitative estimate of drug-likeness (QED) is 0.666. The second-order valence-corrected chi connectivity index (χ2v) is 6.00. The largest absolute Gasteiger partial charge is 0.268 e. The molecule has 1 aromatic rings. The van der Waals surface area contributed by atoms with Gasteiger partial charge in [0.2, 0.25) is 0 Å². The summed E-state index contributed by atoms with van der Waals surface area (Å²) in [6.07, 6.45) is 4.97. The summed E-state index contributed by atoms with van der Waals surface area (Å²) in [5, 5.41) is 1.86. The molecule has 0 aliphatic carbocycles. The Kier molecular flexibility index (Phi) is 5.81. The van der Waals surface area contributed by atoms with E-state index in [4.69, 9.17) is 0 Å². The number of aromatic nitrogens is 1. The summed E-state index contributed by atoms with van der Waals surface area (Å²) in [4.78, 5) is 11.3. The van der Waals surface area contributed by atoms with Gasteiger partial charge >= 0.3 is 0 Å². The SMILES string of the molecule is CC(C)CC(C)CCCCn1sccc1=O. The second kappa shape index (κ2) is 6.89. The molecule has 0 aliphatic rings. The zero-order chi connectivity index (χ0) is 12.0. The topological polar surface area (TPSA) is 22.0 Å². The zero-order valence-electron chi connectivity index (χ0n) is 10.6. The van der Waals surface area contributed by atoms with Gasteiger partial charge in [-0.3, -0.25) is 8.75 Å². The van der Waals surface area contributed by atoms with Gasteiger partial charge < -0.3 is 0 Å². The highest BCUT2D eigenvalue weighted by molar-refractivity contribution is 7.04. The molecule has 0 fully saturated rings. The van der Waals surface area contributed by atoms with Crippen molar-refractivity contribution in [2.24, 2.45) is 11.8 Å². The maximum absolute atomic E-state index is 11.3. The predicted molar refractivity (Wildman–Crippen MR) is 71.0 cm³/mol. The van der Waals surface area contributed by atoms with Crippen molar-refractivity contribution >= 4 is 11.5 Å². The molecule has 1 rings (SSSR count). The van der Waals surface area contributed by atoms with Crippen LogP contribution in [0.2, 0.25) is 0 Å². The number of hydrogen-bond donors (Lipinski definition) is 0. The summed E-state index contributed by atoms with van der Waals surface area (Å²) < 4.78 is 1.84. The Morgan fingerprint density at radius 2 is 2.06 bits per heavy atom. The first-order chi connectivity index (χ1) is 7.59. The van der Waals surface area contributed by atoms with Crippen molar-refractivity contribution in [2.75, 3.05) is 0 Å². The Morgan fingerprint density at radius 3 is 2.62 bits per heavy atom. The van der Waals surface area contributed by atoms with Crippen LogP contribution in [0.15, 0.2) is 16.2 Å². The van der Waals surface area contributed by atoms with Gasteiger partial charge in [0, 0.05) is 18.0 Å². The number of hydrogen-bond acceptors (Lipinski definition) is 2. The third-order valence-electron chi connectivity index (χ3n) is 2.83. The number of nitrogens with zero attached hydrogens (tertiary/aromatic N) is 1. The van der Waals surface area contributed by atoms with Crippen molar-refractivity contribution in [3.8, 4) is 0 Å². The van der Waals surface area contributed by atoms with Gasteiger partial charge in [-0.15, -0.1) is 0 Å². The maximum Gasteiger partial charge on any atom is 0.260 e. The van der Waals surface area contributed by atoms with E-state index in [-0.39, 0.29) is 5.56 Å². The summed E-state index contributed by atoms with van der Waals surface area (Å²) in [6, 6.07) is 1.64. The van der Waals surface area contributed by atoms with Gasteiger partial charge in [0.05, 0.1) is 0 Å². The number of rotatable bonds is 7. The van der Waals surface area contributed by atoms with Crippen molar-refractivity contribution in [2.45, 2.75) is 53.0 Å². The van der Waals surface area contributed by atoms with E-state index in [0.29, 0.717) is 0 Å². The first-order valence-corrected chi connectivity index (χ1v) is 7.08. The highest BCUT2D eigenvalue weighted by atomic mass is 32.1. The van der Waals surface area contributed by atoms with Gasteiger partial charge in [0.1, 0.15) is 0 Å². The number of aryl methyl sites for hydroxylation is 1. The van der Waals surface area contributed by atoms with Crippen LogP contribution in [0.1, 0.15) is 46.5 Å². The molecule has 3 heteroatoms. The molecule has 0 amide bonds. The lowest BCUT2D eigenvalue weighted by Gasteiger charge is -2.13. The first kappa shape index (κ1) is 13.5. The Labute approximate surface area is 102 Å². The minimum atomic E-state index is 0.153. The molecule has 0 bridgehead atoms. The smallest absolute Gasteiger partial charge is 0.260 e. The lowest BCUT2D eigenvalue weighted by atomic mass is 9.94. The molecule has 0 aromatic carbocycles. The van der Waals surface area contributed by atoms with Crippen LogP contribution in [0.3, 0.4) is 0 Å². The molecule has 1 atom stereocenters. The van der Waals surface area contributed by atoms with Crippen molar-refractivity contribution in [3.05, 3.63) is 21.8 Å². The zero-order valence-corrected chi connectivity index (χ0v) is 11.4. The lowest BCUT2D eigenvalue weighted by Crippen LogP contribution is -2.12.